The molecule has 1 atom stereocenters. The largest absolute Gasteiger partial charge is 0.416 e. The lowest BCUT2D eigenvalue weighted by atomic mass is 10.1. The highest BCUT2D eigenvalue weighted by Gasteiger charge is 2.30. The number of carbonyl (C=O) groups is 1. The Morgan fingerprint density at radius 1 is 0.900 bits per heavy atom. The summed E-state index contributed by atoms with van der Waals surface area (Å²) >= 11 is 0. The van der Waals surface area contributed by atoms with E-state index in [1.807, 2.05) is 48.5 Å². The van der Waals surface area contributed by atoms with Gasteiger partial charge in [0.2, 0.25) is 0 Å². The smallest absolute Gasteiger partial charge is 0.366 e. The van der Waals surface area contributed by atoms with Crippen LogP contribution in [0.15, 0.2) is 91.0 Å². The van der Waals surface area contributed by atoms with Crippen LogP contribution in [0.3, 0.4) is 0 Å². The molecule has 0 saturated carbocycles. The molecule has 1 unspecified atom stereocenters. The van der Waals surface area contributed by atoms with Crippen LogP contribution >= 0.6 is 0 Å². The number of hydrogen-bond acceptors (Lipinski definition) is 3. The molecule has 0 aromatic heterocycles. The van der Waals surface area contributed by atoms with Crippen LogP contribution in [-0.4, -0.2) is 12.5 Å². The van der Waals surface area contributed by atoms with Crippen LogP contribution in [0, 0.1) is 0 Å². The molecule has 0 bridgehead atoms. The topological polar surface area (TPSA) is 41.1 Å². The molecule has 0 saturated heterocycles. The molecule has 0 heterocycles. The van der Waals surface area contributed by atoms with Crippen LogP contribution in [0.4, 0.5) is 18.9 Å². The second-order valence-electron chi connectivity index (χ2n) is 6.67. The van der Waals surface area contributed by atoms with Gasteiger partial charge in [-0.25, -0.2) is 0 Å². The van der Waals surface area contributed by atoms with Crippen molar-refractivity contribution in [1.29, 1.82) is 0 Å². The average Bonchev–Trinajstić information content (AvgIpc) is 2.76. The van der Waals surface area contributed by atoms with Gasteiger partial charge in [0.15, 0.2) is 0 Å². The van der Waals surface area contributed by atoms with Crippen molar-refractivity contribution in [3.05, 3.63) is 108 Å². The number of hydrogen-bond donors (Lipinski definition) is 2. The molecule has 0 aliphatic rings. The molecule has 0 fully saturated rings. The summed E-state index contributed by atoms with van der Waals surface area (Å²) in [7, 11) is 0. The fourth-order valence-corrected chi connectivity index (χ4v) is 2.95. The maximum atomic E-state index is 13.1. The van der Waals surface area contributed by atoms with E-state index in [2.05, 4.69) is 10.6 Å². The third-order valence-corrected chi connectivity index (χ3v) is 4.46. The van der Waals surface area contributed by atoms with Gasteiger partial charge < -0.3 is 5.32 Å². The van der Waals surface area contributed by atoms with Crippen molar-refractivity contribution in [3.8, 4) is 0 Å². The molecule has 0 aliphatic carbocycles. The van der Waals surface area contributed by atoms with Gasteiger partial charge in [0.25, 0.3) is 0 Å². The number of benzene rings is 3. The highest BCUT2D eigenvalue weighted by atomic mass is 19.4. The van der Waals surface area contributed by atoms with Crippen LogP contribution in [0.1, 0.15) is 16.7 Å². The second kappa shape index (κ2) is 9.89. The van der Waals surface area contributed by atoms with Gasteiger partial charge in [0.1, 0.15) is 6.29 Å². The SMILES string of the molecule is O=CC(=CC(NCc1ccccc1)Nc1cccc(C(F)(F)F)c1)c1ccccc1. The Balaban J connectivity index is 1.87. The van der Waals surface area contributed by atoms with Crippen LogP contribution in [-0.2, 0) is 17.5 Å². The quantitative estimate of drug-likeness (QED) is 0.292. The van der Waals surface area contributed by atoms with Crippen molar-refractivity contribution < 1.29 is 18.0 Å². The predicted octanol–water partition coefficient (Wildman–Crippen LogP) is 5.52. The highest BCUT2D eigenvalue weighted by molar-refractivity contribution is 6.07. The standard InChI is InChI=1S/C24H21F3N2O/c25-24(26,27)21-12-7-13-22(15-21)29-23(28-16-18-8-3-1-4-9-18)14-20(17-30)19-10-5-2-6-11-19/h1-15,17,23,28-29H,16H2. The minimum atomic E-state index is -4.43. The van der Waals surface area contributed by atoms with Crippen molar-refractivity contribution in [1.82, 2.24) is 5.32 Å². The molecular formula is C24H21F3N2O. The first-order valence-corrected chi connectivity index (χ1v) is 9.39. The molecule has 6 heteroatoms. The van der Waals surface area contributed by atoms with Crippen LogP contribution in [0.25, 0.3) is 5.57 Å². The third-order valence-electron chi connectivity index (χ3n) is 4.46. The summed E-state index contributed by atoms with van der Waals surface area (Å²) in [6.45, 7) is 0.467. The Bertz CT molecular complexity index is 986. The lowest BCUT2D eigenvalue weighted by Gasteiger charge is -2.20. The first-order valence-electron chi connectivity index (χ1n) is 9.39. The van der Waals surface area contributed by atoms with E-state index in [1.165, 1.54) is 6.07 Å². The molecule has 0 spiro atoms. The first-order chi connectivity index (χ1) is 14.5. The van der Waals surface area contributed by atoms with E-state index < -0.39 is 17.9 Å². The normalized spacial score (nSPS) is 13.0. The Morgan fingerprint density at radius 2 is 1.57 bits per heavy atom. The predicted molar refractivity (Wildman–Crippen MR) is 113 cm³/mol. The van der Waals surface area contributed by atoms with Crippen molar-refractivity contribution in [2.45, 2.75) is 18.9 Å². The summed E-state index contributed by atoms with van der Waals surface area (Å²) in [5, 5.41) is 6.30. The Kier molecular flexibility index (Phi) is 7.03. The van der Waals surface area contributed by atoms with Gasteiger partial charge in [-0.05, 0) is 35.4 Å². The molecule has 3 rings (SSSR count). The molecule has 30 heavy (non-hydrogen) atoms. The van der Waals surface area contributed by atoms with E-state index in [-0.39, 0.29) is 0 Å². The first kappa shape index (κ1) is 21.3. The molecule has 0 amide bonds. The van der Waals surface area contributed by atoms with Gasteiger partial charge in [0.05, 0.1) is 11.7 Å². The van der Waals surface area contributed by atoms with Gasteiger partial charge in [-0.2, -0.15) is 13.2 Å². The summed E-state index contributed by atoms with van der Waals surface area (Å²) < 4.78 is 39.2. The average molecular weight is 410 g/mol. The van der Waals surface area contributed by atoms with Gasteiger partial charge in [-0.15, -0.1) is 0 Å². The monoisotopic (exact) mass is 410 g/mol. The lowest BCUT2D eigenvalue weighted by Crippen LogP contribution is -2.34. The van der Waals surface area contributed by atoms with Crippen molar-refractivity contribution in [2.75, 3.05) is 5.32 Å². The number of anilines is 1. The van der Waals surface area contributed by atoms with E-state index in [1.54, 1.807) is 24.3 Å². The Hall–Kier alpha value is -3.38. The maximum Gasteiger partial charge on any atom is 0.416 e. The molecule has 3 aromatic rings. The summed E-state index contributed by atoms with van der Waals surface area (Å²) in [6, 6.07) is 23.7. The van der Waals surface area contributed by atoms with Gasteiger partial charge in [-0.1, -0.05) is 66.7 Å². The van der Waals surface area contributed by atoms with Crippen molar-refractivity contribution in [3.63, 3.8) is 0 Å². The lowest BCUT2D eigenvalue weighted by molar-refractivity contribution is -0.137. The van der Waals surface area contributed by atoms with E-state index in [4.69, 9.17) is 0 Å². The molecular weight excluding hydrogens is 389 g/mol. The number of allylic oxidation sites excluding steroid dienone is 1. The van der Waals surface area contributed by atoms with E-state index >= 15 is 0 Å². The van der Waals surface area contributed by atoms with Crippen molar-refractivity contribution >= 4 is 17.5 Å². The Morgan fingerprint density at radius 3 is 2.20 bits per heavy atom. The summed E-state index contributed by atoms with van der Waals surface area (Å²) in [4.78, 5) is 11.7. The third kappa shape index (κ3) is 6.06. The number of alkyl halides is 3. The molecule has 0 radical (unpaired) electrons. The van der Waals surface area contributed by atoms with E-state index in [0.717, 1.165) is 29.5 Å². The van der Waals surface area contributed by atoms with Gasteiger partial charge in [-0.3, -0.25) is 10.1 Å². The Labute approximate surface area is 173 Å². The highest BCUT2D eigenvalue weighted by Crippen LogP contribution is 2.30. The zero-order valence-corrected chi connectivity index (χ0v) is 16.1. The van der Waals surface area contributed by atoms with Gasteiger partial charge >= 0.3 is 6.18 Å². The summed E-state index contributed by atoms with van der Waals surface area (Å²) in [6.07, 6.45) is -2.60. The fourth-order valence-electron chi connectivity index (χ4n) is 2.95. The minimum absolute atomic E-state index is 0.296. The molecule has 154 valence electrons. The van der Waals surface area contributed by atoms with E-state index in [0.29, 0.717) is 17.8 Å². The second-order valence-corrected chi connectivity index (χ2v) is 6.67. The zero-order valence-electron chi connectivity index (χ0n) is 16.1. The number of carbonyl (C=O) groups excluding carboxylic acids is 1. The number of halogens is 3. The number of nitrogens with one attached hydrogen (secondary N) is 2. The van der Waals surface area contributed by atoms with Gasteiger partial charge in [0, 0.05) is 17.8 Å². The molecule has 3 aromatic carbocycles. The van der Waals surface area contributed by atoms with E-state index in [9.17, 15) is 18.0 Å². The molecule has 2 N–H and O–H groups in total. The van der Waals surface area contributed by atoms with Crippen LogP contribution in [0.5, 0.6) is 0 Å². The zero-order chi connectivity index (χ0) is 21.4. The number of aldehydes is 1. The molecule has 3 nitrogen and oxygen atoms in total. The maximum absolute atomic E-state index is 13.1. The summed E-state index contributed by atoms with van der Waals surface area (Å²) in [5.41, 5.74) is 1.72. The van der Waals surface area contributed by atoms with Crippen LogP contribution < -0.4 is 10.6 Å². The molecule has 0 aliphatic heterocycles. The fraction of sp³-hybridized carbons (Fsp3) is 0.125. The van der Waals surface area contributed by atoms with Crippen LogP contribution in [0.2, 0.25) is 0 Å². The van der Waals surface area contributed by atoms with Crippen molar-refractivity contribution in [2.24, 2.45) is 0 Å². The minimum Gasteiger partial charge on any atom is -0.366 e. The number of rotatable bonds is 8. The summed E-state index contributed by atoms with van der Waals surface area (Å²) in [5.74, 6) is 0.